The van der Waals surface area contributed by atoms with Crippen LogP contribution < -0.4 is 0 Å². The fraction of sp³-hybridized carbons (Fsp3) is 0.421. The third kappa shape index (κ3) is 2.87. The van der Waals surface area contributed by atoms with Gasteiger partial charge in [0.05, 0.1) is 5.60 Å². The number of aldehydes is 1. The van der Waals surface area contributed by atoms with Crippen molar-refractivity contribution >= 4 is 17.6 Å². The number of carbonyl (C=O) groups is 1. The lowest BCUT2D eigenvalue weighted by Gasteiger charge is -2.45. The molecule has 1 fully saturated rings. The van der Waals surface area contributed by atoms with Gasteiger partial charge in [-0.1, -0.05) is 30.3 Å². The summed E-state index contributed by atoms with van der Waals surface area (Å²) in [6.07, 6.45) is 3.37. The highest BCUT2D eigenvalue weighted by atomic mass is 32.1. The van der Waals surface area contributed by atoms with Gasteiger partial charge in [-0.05, 0) is 35.4 Å². The van der Waals surface area contributed by atoms with Crippen LogP contribution >= 0.6 is 11.3 Å². The molecule has 0 aliphatic carbocycles. The van der Waals surface area contributed by atoms with Crippen molar-refractivity contribution < 1.29 is 9.53 Å². The van der Waals surface area contributed by atoms with Crippen LogP contribution in [0.5, 0.6) is 0 Å². The molecule has 0 bridgehead atoms. The number of benzene rings is 1. The summed E-state index contributed by atoms with van der Waals surface area (Å²) in [5.41, 5.74) is 2.45. The topological polar surface area (TPSA) is 29.5 Å². The average Bonchev–Trinajstić information content (AvgIpc) is 3.07. The average molecular weight is 327 g/mol. The molecule has 0 amide bonds. The number of hydrogen-bond acceptors (Lipinski definition) is 4. The summed E-state index contributed by atoms with van der Waals surface area (Å²) in [6, 6.07) is 12.8. The lowest BCUT2D eigenvalue weighted by Crippen LogP contribution is -2.48. The third-order valence-corrected chi connectivity index (χ3v) is 6.01. The van der Waals surface area contributed by atoms with E-state index in [0.717, 1.165) is 45.2 Å². The first-order chi connectivity index (χ1) is 11.3. The number of nitrogens with zero attached hydrogens (tertiary/aromatic N) is 1. The van der Waals surface area contributed by atoms with Crippen LogP contribution in [0.15, 0.2) is 41.8 Å². The van der Waals surface area contributed by atoms with Crippen molar-refractivity contribution in [3.05, 3.63) is 57.8 Å². The molecule has 2 aliphatic heterocycles. The van der Waals surface area contributed by atoms with Crippen LogP contribution in [0.3, 0.4) is 0 Å². The molecular formula is C19H21NO2S. The Morgan fingerprint density at radius 2 is 2.00 bits per heavy atom. The van der Waals surface area contributed by atoms with Crippen LogP contribution in [0.1, 0.15) is 28.8 Å². The quantitative estimate of drug-likeness (QED) is 0.810. The summed E-state index contributed by atoms with van der Waals surface area (Å²) in [5.74, 6) is 0. The van der Waals surface area contributed by atoms with Crippen LogP contribution in [0, 0.1) is 0 Å². The fourth-order valence-electron chi connectivity index (χ4n) is 3.86. The summed E-state index contributed by atoms with van der Waals surface area (Å²) in [6.45, 7) is 3.01. The van der Waals surface area contributed by atoms with E-state index in [4.69, 9.17) is 4.74 Å². The number of carbonyl (C=O) groups excluding carboxylic acids is 1. The van der Waals surface area contributed by atoms with Crippen LogP contribution in [0.4, 0.5) is 0 Å². The Kier molecular flexibility index (Phi) is 4.05. The maximum absolute atomic E-state index is 11.3. The Morgan fingerprint density at radius 1 is 1.22 bits per heavy atom. The van der Waals surface area contributed by atoms with Gasteiger partial charge < -0.3 is 9.53 Å². The molecule has 1 saturated heterocycles. The Hall–Kier alpha value is -1.49. The predicted molar refractivity (Wildman–Crippen MR) is 91.6 cm³/mol. The molecule has 2 aliphatic rings. The zero-order valence-electron chi connectivity index (χ0n) is 13.1. The minimum absolute atomic E-state index is 0.244. The molecule has 120 valence electrons. The maximum atomic E-state index is 11.3. The molecule has 1 aromatic heterocycles. The molecular weight excluding hydrogens is 306 g/mol. The predicted octanol–water partition coefficient (Wildman–Crippen LogP) is 3.38. The van der Waals surface area contributed by atoms with Crippen molar-refractivity contribution in [2.75, 3.05) is 13.1 Å². The van der Waals surface area contributed by atoms with Gasteiger partial charge in [0.2, 0.25) is 0 Å². The lowest BCUT2D eigenvalue weighted by molar-refractivity contribution is -0.151. The molecule has 4 rings (SSSR count). The third-order valence-electron chi connectivity index (χ3n) is 5.06. The highest BCUT2D eigenvalue weighted by Gasteiger charge is 2.44. The van der Waals surface area contributed by atoms with E-state index in [1.807, 2.05) is 0 Å². The van der Waals surface area contributed by atoms with Crippen LogP contribution in [-0.4, -0.2) is 30.4 Å². The van der Waals surface area contributed by atoms with Crippen molar-refractivity contribution in [2.45, 2.75) is 37.5 Å². The molecule has 1 atom stereocenters. The van der Waals surface area contributed by atoms with Crippen LogP contribution in [-0.2, 0) is 28.1 Å². The Balaban J connectivity index is 1.49. The Labute approximate surface area is 140 Å². The van der Waals surface area contributed by atoms with Gasteiger partial charge in [0.15, 0.2) is 0 Å². The number of rotatable bonds is 3. The highest BCUT2D eigenvalue weighted by molar-refractivity contribution is 7.10. The number of piperidine rings is 1. The van der Waals surface area contributed by atoms with Gasteiger partial charge in [-0.25, -0.2) is 0 Å². The van der Waals surface area contributed by atoms with Crippen molar-refractivity contribution in [2.24, 2.45) is 0 Å². The molecule has 3 nitrogen and oxygen atoms in total. The summed E-state index contributed by atoms with van der Waals surface area (Å²) < 4.78 is 6.26. The summed E-state index contributed by atoms with van der Waals surface area (Å²) in [4.78, 5) is 15.1. The van der Waals surface area contributed by atoms with Gasteiger partial charge in [-0.2, -0.15) is 0 Å². The molecule has 0 saturated carbocycles. The molecule has 1 spiro atoms. The van der Waals surface area contributed by atoms with Crippen LogP contribution in [0.25, 0.3) is 0 Å². The summed E-state index contributed by atoms with van der Waals surface area (Å²) >= 11 is 1.76. The maximum Gasteiger partial charge on any atom is 0.149 e. The molecule has 0 radical (unpaired) electrons. The first kappa shape index (κ1) is 15.1. The molecule has 3 heterocycles. The molecule has 23 heavy (non-hydrogen) atoms. The van der Waals surface area contributed by atoms with Crippen molar-refractivity contribution in [3.8, 4) is 0 Å². The molecule has 1 aromatic carbocycles. The SMILES string of the molecule is O=CC1Cc2sccc2C2(CCN(Cc3ccccc3)CC2)O1. The van der Waals surface area contributed by atoms with Crippen molar-refractivity contribution in [1.82, 2.24) is 4.90 Å². The zero-order chi connectivity index (χ0) is 15.7. The first-order valence-electron chi connectivity index (χ1n) is 8.25. The molecule has 0 N–H and O–H groups in total. The van der Waals surface area contributed by atoms with E-state index >= 15 is 0 Å². The van der Waals surface area contributed by atoms with E-state index in [1.165, 1.54) is 16.0 Å². The normalized spacial score (nSPS) is 23.6. The van der Waals surface area contributed by atoms with Gasteiger partial charge in [0, 0.05) is 30.9 Å². The standard InChI is InChI=1S/C19H21NO2S/c21-14-16-12-18-17(6-11-23-18)19(22-16)7-9-20(10-8-19)13-15-4-2-1-3-5-15/h1-6,11,14,16H,7-10,12-13H2. The number of ether oxygens (including phenoxy) is 1. The largest absolute Gasteiger partial charge is 0.359 e. The number of hydrogen-bond donors (Lipinski definition) is 0. The van der Waals surface area contributed by atoms with E-state index < -0.39 is 0 Å². The smallest absolute Gasteiger partial charge is 0.149 e. The second kappa shape index (κ2) is 6.19. The molecule has 2 aromatic rings. The van der Waals surface area contributed by atoms with Crippen molar-refractivity contribution in [1.29, 1.82) is 0 Å². The summed E-state index contributed by atoms with van der Waals surface area (Å²) in [7, 11) is 0. The minimum atomic E-state index is -0.276. The Bertz CT molecular complexity index is 674. The number of likely N-dealkylation sites (tertiary alicyclic amines) is 1. The van der Waals surface area contributed by atoms with E-state index in [2.05, 4.69) is 46.7 Å². The number of thiophene rings is 1. The lowest BCUT2D eigenvalue weighted by atomic mass is 9.81. The van der Waals surface area contributed by atoms with E-state index in [9.17, 15) is 4.79 Å². The van der Waals surface area contributed by atoms with Gasteiger partial charge in [0.1, 0.15) is 12.4 Å². The molecule has 4 heteroatoms. The number of fused-ring (bicyclic) bond motifs is 2. The van der Waals surface area contributed by atoms with Gasteiger partial charge in [0.25, 0.3) is 0 Å². The monoisotopic (exact) mass is 327 g/mol. The van der Waals surface area contributed by atoms with Crippen LogP contribution in [0.2, 0.25) is 0 Å². The second-order valence-corrected chi connectivity index (χ2v) is 7.51. The first-order valence-corrected chi connectivity index (χ1v) is 9.13. The minimum Gasteiger partial charge on any atom is -0.359 e. The zero-order valence-corrected chi connectivity index (χ0v) is 13.9. The van der Waals surface area contributed by atoms with Crippen molar-refractivity contribution in [3.63, 3.8) is 0 Å². The van der Waals surface area contributed by atoms with E-state index in [1.54, 1.807) is 11.3 Å². The summed E-state index contributed by atoms with van der Waals surface area (Å²) in [5, 5.41) is 2.14. The Morgan fingerprint density at radius 3 is 2.74 bits per heavy atom. The highest BCUT2D eigenvalue weighted by Crippen LogP contribution is 2.45. The fourth-order valence-corrected chi connectivity index (χ4v) is 4.87. The second-order valence-electron chi connectivity index (χ2n) is 6.51. The van der Waals surface area contributed by atoms with Gasteiger partial charge in [-0.15, -0.1) is 11.3 Å². The van der Waals surface area contributed by atoms with Gasteiger partial charge >= 0.3 is 0 Å². The van der Waals surface area contributed by atoms with E-state index in [-0.39, 0.29) is 11.7 Å². The molecule has 1 unspecified atom stereocenters. The van der Waals surface area contributed by atoms with E-state index in [0.29, 0.717) is 0 Å². The van der Waals surface area contributed by atoms with Gasteiger partial charge in [-0.3, -0.25) is 4.90 Å².